The third-order valence-corrected chi connectivity index (χ3v) is 4.81. The third kappa shape index (κ3) is 6.65. The number of hydrogen-bond acceptors (Lipinski definition) is 6. The fourth-order valence-electron chi connectivity index (χ4n) is 3.15. The molecule has 2 N–H and O–H groups in total. The van der Waals surface area contributed by atoms with Crippen molar-refractivity contribution in [2.24, 2.45) is 0 Å². The SMILES string of the molecule is CCOc1ccc(NC(=O)CNC(=O)c2cc(OC)c(OCc3ccccc3)c(OC)c2)cc1. The van der Waals surface area contributed by atoms with Gasteiger partial charge in [-0.05, 0) is 48.9 Å². The zero-order chi connectivity index (χ0) is 24.3. The minimum absolute atomic E-state index is 0.205. The number of nitrogens with one attached hydrogen (secondary N) is 2. The Morgan fingerprint density at radius 1 is 0.853 bits per heavy atom. The molecule has 0 spiro atoms. The summed E-state index contributed by atoms with van der Waals surface area (Å²) in [5.74, 6) is 0.984. The van der Waals surface area contributed by atoms with E-state index < -0.39 is 5.91 Å². The number of ether oxygens (including phenoxy) is 4. The maximum atomic E-state index is 12.7. The summed E-state index contributed by atoms with van der Waals surface area (Å²) in [6.07, 6.45) is 0. The smallest absolute Gasteiger partial charge is 0.251 e. The molecule has 0 radical (unpaired) electrons. The molecule has 178 valence electrons. The predicted octanol–water partition coefficient (Wildman–Crippen LogP) is 4.05. The van der Waals surface area contributed by atoms with Crippen LogP contribution in [0.4, 0.5) is 5.69 Å². The molecule has 0 bridgehead atoms. The first-order valence-electron chi connectivity index (χ1n) is 10.8. The van der Waals surface area contributed by atoms with Crippen molar-refractivity contribution in [1.82, 2.24) is 5.32 Å². The Morgan fingerprint density at radius 3 is 2.09 bits per heavy atom. The Bertz CT molecular complexity index is 1080. The first kappa shape index (κ1) is 24.4. The van der Waals surface area contributed by atoms with Gasteiger partial charge in [-0.3, -0.25) is 9.59 Å². The lowest BCUT2D eigenvalue weighted by Gasteiger charge is -2.16. The van der Waals surface area contributed by atoms with Crippen LogP contribution in [-0.2, 0) is 11.4 Å². The van der Waals surface area contributed by atoms with Crippen LogP contribution < -0.4 is 29.6 Å². The second-order valence-corrected chi connectivity index (χ2v) is 7.17. The molecule has 0 heterocycles. The van der Waals surface area contributed by atoms with Crippen LogP contribution in [0.3, 0.4) is 0 Å². The molecule has 0 aliphatic heterocycles. The number of amides is 2. The van der Waals surface area contributed by atoms with Crippen LogP contribution in [0.1, 0.15) is 22.8 Å². The number of carbonyl (C=O) groups is 2. The van der Waals surface area contributed by atoms with Gasteiger partial charge in [0.05, 0.1) is 27.4 Å². The van der Waals surface area contributed by atoms with E-state index in [2.05, 4.69) is 10.6 Å². The Morgan fingerprint density at radius 2 is 1.50 bits per heavy atom. The Balaban J connectivity index is 1.62. The van der Waals surface area contributed by atoms with Crippen LogP contribution in [0.5, 0.6) is 23.0 Å². The van der Waals surface area contributed by atoms with E-state index in [0.29, 0.717) is 41.9 Å². The Labute approximate surface area is 198 Å². The van der Waals surface area contributed by atoms with Crippen molar-refractivity contribution < 1.29 is 28.5 Å². The molecule has 34 heavy (non-hydrogen) atoms. The van der Waals surface area contributed by atoms with Gasteiger partial charge < -0.3 is 29.6 Å². The van der Waals surface area contributed by atoms with Crippen molar-refractivity contribution in [3.63, 3.8) is 0 Å². The van der Waals surface area contributed by atoms with E-state index in [4.69, 9.17) is 18.9 Å². The zero-order valence-corrected chi connectivity index (χ0v) is 19.4. The maximum Gasteiger partial charge on any atom is 0.251 e. The molecule has 0 saturated carbocycles. The summed E-state index contributed by atoms with van der Waals surface area (Å²) in [4.78, 5) is 24.9. The standard InChI is InChI=1S/C26H28N2O6/c1-4-33-21-12-10-20(11-13-21)28-24(29)16-27-26(30)19-14-22(31-2)25(23(15-19)32-3)34-17-18-8-6-5-7-9-18/h5-15H,4,16-17H2,1-3H3,(H,27,30)(H,28,29). The maximum absolute atomic E-state index is 12.7. The zero-order valence-electron chi connectivity index (χ0n) is 19.4. The minimum atomic E-state index is -0.451. The monoisotopic (exact) mass is 464 g/mol. The highest BCUT2D eigenvalue weighted by Crippen LogP contribution is 2.39. The molecule has 3 rings (SSSR count). The summed E-state index contributed by atoms with van der Waals surface area (Å²) in [6, 6.07) is 19.7. The second-order valence-electron chi connectivity index (χ2n) is 7.17. The predicted molar refractivity (Wildman–Crippen MR) is 129 cm³/mol. The average molecular weight is 465 g/mol. The summed E-state index contributed by atoms with van der Waals surface area (Å²) in [7, 11) is 2.96. The summed E-state index contributed by atoms with van der Waals surface area (Å²) in [5.41, 5.74) is 1.85. The summed E-state index contributed by atoms with van der Waals surface area (Å²) < 4.78 is 22.1. The van der Waals surface area contributed by atoms with E-state index in [1.54, 1.807) is 36.4 Å². The van der Waals surface area contributed by atoms with Crippen LogP contribution in [0.15, 0.2) is 66.7 Å². The van der Waals surface area contributed by atoms with E-state index in [0.717, 1.165) is 5.56 Å². The average Bonchev–Trinajstić information content (AvgIpc) is 2.87. The van der Waals surface area contributed by atoms with Gasteiger partial charge in [0, 0.05) is 11.3 Å². The minimum Gasteiger partial charge on any atom is -0.494 e. The number of benzene rings is 3. The first-order chi connectivity index (χ1) is 16.5. The highest BCUT2D eigenvalue weighted by Gasteiger charge is 2.18. The quantitative estimate of drug-likeness (QED) is 0.445. The van der Waals surface area contributed by atoms with Crippen molar-refractivity contribution in [2.75, 3.05) is 32.7 Å². The van der Waals surface area contributed by atoms with Gasteiger partial charge in [-0.25, -0.2) is 0 Å². The van der Waals surface area contributed by atoms with Gasteiger partial charge in [-0.1, -0.05) is 30.3 Å². The molecule has 8 heteroatoms. The largest absolute Gasteiger partial charge is 0.494 e. The van der Waals surface area contributed by atoms with Crippen molar-refractivity contribution in [1.29, 1.82) is 0 Å². The van der Waals surface area contributed by atoms with Crippen LogP contribution in [0.25, 0.3) is 0 Å². The van der Waals surface area contributed by atoms with E-state index in [1.165, 1.54) is 14.2 Å². The molecule has 0 atom stereocenters. The molecule has 0 saturated heterocycles. The topological polar surface area (TPSA) is 95.1 Å². The van der Waals surface area contributed by atoms with Gasteiger partial charge in [0.25, 0.3) is 5.91 Å². The summed E-state index contributed by atoms with van der Waals surface area (Å²) >= 11 is 0. The number of anilines is 1. The Hall–Kier alpha value is -4.20. The van der Waals surface area contributed by atoms with E-state index >= 15 is 0 Å². The highest BCUT2D eigenvalue weighted by atomic mass is 16.5. The number of carbonyl (C=O) groups excluding carboxylic acids is 2. The molecular formula is C26H28N2O6. The van der Waals surface area contributed by atoms with Gasteiger partial charge in [-0.15, -0.1) is 0 Å². The summed E-state index contributed by atoms with van der Waals surface area (Å²) in [6.45, 7) is 2.57. The van der Waals surface area contributed by atoms with Crippen LogP contribution >= 0.6 is 0 Å². The molecule has 0 unspecified atom stereocenters. The summed E-state index contributed by atoms with van der Waals surface area (Å²) in [5, 5.41) is 5.33. The fraction of sp³-hybridized carbons (Fsp3) is 0.231. The van der Waals surface area contributed by atoms with Crippen LogP contribution in [0.2, 0.25) is 0 Å². The van der Waals surface area contributed by atoms with Gasteiger partial charge in [0.15, 0.2) is 11.5 Å². The number of rotatable bonds is 11. The Kier molecular flexibility index (Phi) is 8.73. The van der Waals surface area contributed by atoms with E-state index in [-0.39, 0.29) is 18.0 Å². The van der Waals surface area contributed by atoms with E-state index in [1.807, 2.05) is 37.3 Å². The van der Waals surface area contributed by atoms with Gasteiger partial charge in [0.2, 0.25) is 11.7 Å². The van der Waals surface area contributed by atoms with Crippen molar-refractivity contribution in [3.05, 3.63) is 77.9 Å². The molecular weight excluding hydrogens is 436 g/mol. The lowest BCUT2D eigenvalue weighted by atomic mass is 10.1. The highest BCUT2D eigenvalue weighted by molar-refractivity contribution is 6.00. The molecule has 0 aliphatic rings. The van der Waals surface area contributed by atoms with Crippen molar-refractivity contribution >= 4 is 17.5 Å². The third-order valence-electron chi connectivity index (χ3n) is 4.81. The van der Waals surface area contributed by atoms with Crippen LogP contribution in [-0.4, -0.2) is 39.2 Å². The first-order valence-corrected chi connectivity index (χ1v) is 10.8. The molecule has 2 amide bonds. The molecule has 3 aromatic carbocycles. The van der Waals surface area contributed by atoms with Gasteiger partial charge in [-0.2, -0.15) is 0 Å². The second kappa shape index (κ2) is 12.2. The van der Waals surface area contributed by atoms with Crippen molar-refractivity contribution in [3.8, 4) is 23.0 Å². The number of hydrogen-bond donors (Lipinski definition) is 2. The fourth-order valence-corrected chi connectivity index (χ4v) is 3.15. The van der Waals surface area contributed by atoms with Crippen LogP contribution in [0, 0.1) is 0 Å². The van der Waals surface area contributed by atoms with E-state index in [9.17, 15) is 9.59 Å². The molecule has 0 fully saturated rings. The molecule has 0 aromatic heterocycles. The lowest BCUT2D eigenvalue weighted by molar-refractivity contribution is -0.115. The molecule has 0 aliphatic carbocycles. The van der Waals surface area contributed by atoms with Crippen molar-refractivity contribution in [2.45, 2.75) is 13.5 Å². The van der Waals surface area contributed by atoms with Gasteiger partial charge >= 0.3 is 0 Å². The van der Waals surface area contributed by atoms with Gasteiger partial charge in [0.1, 0.15) is 12.4 Å². The normalized spacial score (nSPS) is 10.2. The lowest BCUT2D eigenvalue weighted by Crippen LogP contribution is -2.32. The number of methoxy groups -OCH3 is 2. The molecule has 3 aromatic rings. The molecule has 8 nitrogen and oxygen atoms in total.